The summed E-state index contributed by atoms with van der Waals surface area (Å²) in [6, 6.07) is 7.13. The first kappa shape index (κ1) is 15.7. The molecule has 7 nitrogen and oxygen atoms in total. The predicted octanol–water partition coefficient (Wildman–Crippen LogP) is 1.97. The highest BCUT2D eigenvalue weighted by molar-refractivity contribution is 6.32. The number of aromatic amines is 1. The number of hydrogen-bond acceptors (Lipinski definition) is 5. The van der Waals surface area contributed by atoms with Gasteiger partial charge in [0.1, 0.15) is 17.3 Å². The first-order valence-corrected chi connectivity index (χ1v) is 7.57. The molecule has 0 saturated carbocycles. The van der Waals surface area contributed by atoms with Crippen molar-refractivity contribution in [2.45, 2.75) is 19.9 Å². The number of nitrogens with zero attached hydrogens (tertiary/aromatic N) is 3. The van der Waals surface area contributed by atoms with Crippen LogP contribution in [0.2, 0.25) is 0 Å². The van der Waals surface area contributed by atoms with Gasteiger partial charge in [0.25, 0.3) is 0 Å². The number of hydrogen-bond donors (Lipinski definition) is 4. The summed E-state index contributed by atoms with van der Waals surface area (Å²) in [5.41, 5.74) is 14.5. The summed E-state index contributed by atoms with van der Waals surface area (Å²) in [6.07, 6.45) is 1.44. The van der Waals surface area contributed by atoms with Crippen LogP contribution in [0.3, 0.4) is 0 Å². The molecule has 6 N–H and O–H groups in total. The van der Waals surface area contributed by atoms with Gasteiger partial charge in [-0.1, -0.05) is 6.58 Å². The van der Waals surface area contributed by atoms with Gasteiger partial charge in [-0.15, -0.1) is 0 Å². The van der Waals surface area contributed by atoms with Crippen LogP contribution in [-0.4, -0.2) is 32.7 Å². The van der Waals surface area contributed by atoms with Crippen LogP contribution in [-0.2, 0) is 0 Å². The molecule has 1 aromatic heterocycles. The topological polar surface area (TPSA) is 116 Å². The summed E-state index contributed by atoms with van der Waals surface area (Å²) in [7, 11) is 0. The molecular weight excluding hydrogens is 304 g/mol. The molecule has 1 aromatic carbocycles. The number of fused-ring (bicyclic) bond motifs is 1. The van der Waals surface area contributed by atoms with E-state index in [1.165, 1.54) is 6.20 Å². The van der Waals surface area contributed by atoms with Crippen molar-refractivity contribution in [3.05, 3.63) is 54.1 Å². The van der Waals surface area contributed by atoms with Crippen LogP contribution in [0.5, 0.6) is 5.75 Å². The number of phenols is 1. The summed E-state index contributed by atoms with van der Waals surface area (Å²) < 4.78 is 0. The lowest BCUT2D eigenvalue weighted by molar-refractivity contribution is 0.377. The highest BCUT2D eigenvalue weighted by Gasteiger charge is 2.33. The minimum Gasteiger partial charge on any atom is -0.508 e. The van der Waals surface area contributed by atoms with Crippen LogP contribution < -0.4 is 11.5 Å². The van der Waals surface area contributed by atoms with Gasteiger partial charge in [0.15, 0.2) is 5.84 Å². The SMILES string of the molecule is C=C/N=C1\C(=C(N)N)C(c2cc3ccc(O)cc3[nH]2)=NN1C(C)C. The van der Waals surface area contributed by atoms with E-state index in [1.807, 2.05) is 26.0 Å². The fourth-order valence-corrected chi connectivity index (χ4v) is 2.69. The first-order valence-electron chi connectivity index (χ1n) is 7.57. The molecule has 3 rings (SSSR count). The van der Waals surface area contributed by atoms with Crippen molar-refractivity contribution in [3.8, 4) is 5.75 Å². The molecule has 0 aliphatic carbocycles. The fraction of sp³-hybridized carbons (Fsp3) is 0.176. The van der Waals surface area contributed by atoms with Gasteiger partial charge in [0.05, 0.1) is 11.3 Å². The highest BCUT2D eigenvalue weighted by atomic mass is 16.3. The van der Waals surface area contributed by atoms with Gasteiger partial charge in [-0.2, -0.15) is 5.10 Å². The van der Waals surface area contributed by atoms with Crippen LogP contribution >= 0.6 is 0 Å². The Kier molecular flexibility index (Phi) is 3.76. The average molecular weight is 324 g/mol. The number of nitrogens with two attached hydrogens (primary N) is 2. The summed E-state index contributed by atoms with van der Waals surface area (Å²) in [6.45, 7) is 7.65. The second kappa shape index (κ2) is 5.77. The lowest BCUT2D eigenvalue weighted by Crippen LogP contribution is -2.31. The van der Waals surface area contributed by atoms with Crippen molar-refractivity contribution in [2.24, 2.45) is 21.6 Å². The number of aliphatic imine (C=N–C) groups is 1. The van der Waals surface area contributed by atoms with E-state index >= 15 is 0 Å². The normalized spacial score (nSPS) is 16.3. The second-order valence-electron chi connectivity index (χ2n) is 5.81. The number of nitrogens with one attached hydrogen (secondary N) is 1. The molecule has 0 unspecified atom stereocenters. The van der Waals surface area contributed by atoms with E-state index in [9.17, 15) is 5.11 Å². The Morgan fingerprint density at radius 3 is 2.75 bits per heavy atom. The molecule has 0 spiro atoms. The molecule has 24 heavy (non-hydrogen) atoms. The average Bonchev–Trinajstić information content (AvgIpc) is 3.08. The smallest absolute Gasteiger partial charge is 0.162 e. The third-order valence-electron chi connectivity index (χ3n) is 3.74. The van der Waals surface area contributed by atoms with Crippen molar-refractivity contribution < 1.29 is 5.11 Å². The second-order valence-corrected chi connectivity index (χ2v) is 5.81. The van der Waals surface area contributed by atoms with Crippen molar-refractivity contribution in [1.82, 2.24) is 9.99 Å². The Bertz CT molecular complexity index is 899. The first-order chi connectivity index (χ1) is 11.4. The third-order valence-corrected chi connectivity index (χ3v) is 3.74. The van der Waals surface area contributed by atoms with E-state index in [-0.39, 0.29) is 17.6 Å². The highest BCUT2D eigenvalue weighted by Crippen LogP contribution is 2.27. The van der Waals surface area contributed by atoms with E-state index in [4.69, 9.17) is 11.5 Å². The van der Waals surface area contributed by atoms with E-state index in [1.54, 1.807) is 17.1 Å². The number of aromatic nitrogens is 1. The quantitative estimate of drug-likeness (QED) is 0.690. The van der Waals surface area contributed by atoms with Crippen molar-refractivity contribution in [2.75, 3.05) is 0 Å². The number of amidine groups is 1. The summed E-state index contributed by atoms with van der Waals surface area (Å²) in [4.78, 5) is 7.53. The van der Waals surface area contributed by atoms with Crippen molar-refractivity contribution in [1.29, 1.82) is 0 Å². The summed E-state index contributed by atoms with van der Waals surface area (Å²) in [5, 5.41) is 17.0. The molecule has 0 saturated heterocycles. The maximum atomic E-state index is 9.63. The maximum Gasteiger partial charge on any atom is 0.162 e. The van der Waals surface area contributed by atoms with E-state index in [0.29, 0.717) is 17.1 Å². The van der Waals surface area contributed by atoms with Gasteiger partial charge in [-0.3, -0.25) is 0 Å². The number of hydrazone groups is 1. The minimum absolute atomic E-state index is 0.0731. The zero-order valence-electron chi connectivity index (χ0n) is 13.6. The standard InChI is InChI=1S/C17H20N6O/c1-4-20-17-14(16(18)19)15(22-23(17)9(2)3)13-7-10-5-6-11(24)8-12(10)21-13/h4-9,21,24H,1,18-19H2,2-3H3/b20-17+. The van der Waals surface area contributed by atoms with Crippen LogP contribution in [0.4, 0.5) is 0 Å². The largest absolute Gasteiger partial charge is 0.508 e. The van der Waals surface area contributed by atoms with Crippen LogP contribution in [0.1, 0.15) is 19.5 Å². The van der Waals surface area contributed by atoms with Gasteiger partial charge in [0.2, 0.25) is 0 Å². The monoisotopic (exact) mass is 324 g/mol. The number of rotatable bonds is 3. The van der Waals surface area contributed by atoms with Crippen LogP contribution in [0.25, 0.3) is 10.9 Å². The number of H-pyrrole nitrogens is 1. The molecule has 7 heteroatoms. The number of phenolic OH excluding ortho intramolecular Hbond substituents is 1. The van der Waals surface area contributed by atoms with E-state index in [0.717, 1.165) is 16.6 Å². The zero-order chi connectivity index (χ0) is 17.4. The summed E-state index contributed by atoms with van der Waals surface area (Å²) >= 11 is 0. The Balaban J connectivity index is 2.19. The van der Waals surface area contributed by atoms with Crippen LogP contribution in [0, 0.1) is 0 Å². The Morgan fingerprint density at radius 1 is 1.38 bits per heavy atom. The molecule has 0 amide bonds. The maximum absolute atomic E-state index is 9.63. The predicted molar refractivity (Wildman–Crippen MR) is 96.5 cm³/mol. The van der Waals surface area contributed by atoms with E-state index < -0.39 is 0 Å². The van der Waals surface area contributed by atoms with Crippen molar-refractivity contribution in [3.63, 3.8) is 0 Å². The van der Waals surface area contributed by atoms with Gasteiger partial charge in [-0.05, 0) is 32.0 Å². The molecular formula is C17H20N6O. The number of aromatic hydroxyl groups is 1. The lowest BCUT2D eigenvalue weighted by atomic mass is 10.1. The van der Waals surface area contributed by atoms with Gasteiger partial charge < -0.3 is 21.6 Å². The third kappa shape index (κ3) is 2.50. The molecule has 0 fully saturated rings. The lowest BCUT2D eigenvalue weighted by Gasteiger charge is -2.19. The minimum atomic E-state index is 0.0731. The molecule has 0 bridgehead atoms. The van der Waals surface area contributed by atoms with Crippen LogP contribution in [0.15, 0.2) is 58.5 Å². The summed E-state index contributed by atoms with van der Waals surface area (Å²) in [5.74, 6) is 0.895. The Labute approximate surface area is 139 Å². The fourth-order valence-electron chi connectivity index (χ4n) is 2.69. The van der Waals surface area contributed by atoms with Gasteiger partial charge >= 0.3 is 0 Å². The molecule has 124 valence electrons. The molecule has 2 heterocycles. The van der Waals surface area contributed by atoms with Crippen molar-refractivity contribution >= 4 is 22.5 Å². The Hall–Kier alpha value is -3.22. The molecule has 1 aliphatic rings. The zero-order valence-corrected chi connectivity index (χ0v) is 13.6. The van der Waals surface area contributed by atoms with Gasteiger partial charge in [0, 0.05) is 29.2 Å². The Morgan fingerprint density at radius 2 is 2.12 bits per heavy atom. The van der Waals surface area contributed by atoms with Gasteiger partial charge in [-0.25, -0.2) is 10.0 Å². The molecule has 2 aromatic rings. The molecule has 0 atom stereocenters. The van der Waals surface area contributed by atoms with E-state index in [2.05, 4.69) is 21.7 Å². The molecule has 1 aliphatic heterocycles. The molecule has 0 radical (unpaired) electrons. The number of benzene rings is 1.